The van der Waals surface area contributed by atoms with Crippen molar-refractivity contribution in [1.29, 1.82) is 0 Å². The lowest BCUT2D eigenvalue weighted by Gasteiger charge is -2.16. The highest BCUT2D eigenvalue weighted by Gasteiger charge is 2.00. The number of hydrogen-bond acceptors (Lipinski definition) is 2. The average molecular weight is 225 g/mol. The Kier molecular flexibility index (Phi) is 8.53. The zero-order chi connectivity index (χ0) is 11.7. The third-order valence-corrected chi connectivity index (χ3v) is 3.22. The van der Waals surface area contributed by atoms with Gasteiger partial charge in [0.05, 0.1) is 0 Å². The smallest absolute Gasteiger partial charge is 0.0230 e. The van der Waals surface area contributed by atoms with Crippen LogP contribution in [0.5, 0.6) is 0 Å². The first-order chi connectivity index (χ1) is 7.26. The highest BCUT2D eigenvalue weighted by molar-refractivity contribution is 7.97. The molecule has 0 radical (unpaired) electrons. The van der Waals surface area contributed by atoms with Gasteiger partial charge in [0.1, 0.15) is 0 Å². The Balaban J connectivity index is 0.000000921. The predicted octanol–water partition coefficient (Wildman–Crippen LogP) is 4.37. The molecule has 0 aliphatic rings. The van der Waals surface area contributed by atoms with Gasteiger partial charge >= 0.3 is 0 Å². The quantitative estimate of drug-likeness (QED) is 0.700. The maximum absolute atomic E-state index is 2.34. The second-order valence-electron chi connectivity index (χ2n) is 3.02. The highest BCUT2D eigenvalue weighted by Crippen LogP contribution is 2.21. The summed E-state index contributed by atoms with van der Waals surface area (Å²) in [7, 11) is 0. The van der Waals surface area contributed by atoms with Crippen LogP contribution in [0.2, 0.25) is 0 Å². The van der Waals surface area contributed by atoms with Crippen LogP contribution in [0.1, 0.15) is 33.3 Å². The zero-order valence-corrected chi connectivity index (χ0v) is 11.4. The minimum Gasteiger partial charge on any atom is -0.247 e. The first kappa shape index (κ1) is 14.5. The van der Waals surface area contributed by atoms with Gasteiger partial charge in [-0.05, 0) is 31.0 Å². The van der Waals surface area contributed by atoms with Crippen molar-refractivity contribution >= 4 is 11.9 Å². The van der Waals surface area contributed by atoms with Crippen molar-refractivity contribution in [3.05, 3.63) is 29.8 Å². The third kappa shape index (κ3) is 5.85. The number of aryl methyl sites for hydroxylation is 1. The summed E-state index contributed by atoms with van der Waals surface area (Å²) in [5.41, 5.74) is 1.32. The summed E-state index contributed by atoms with van der Waals surface area (Å²) in [4.78, 5) is 1.33. The van der Waals surface area contributed by atoms with Gasteiger partial charge in [0.25, 0.3) is 0 Å². The van der Waals surface area contributed by atoms with E-state index in [-0.39, 0.29) is 0 Å². The Morgan fingerprint density at radius 3 is 1.87 bits per heavy atom. The van der Waals surface area contributed by atoms with Gasteiger partial charge in [-0.15, -0.1) is 0 Å². The summed E-state index contributed by atoms with van der Waals surface area (Å²) in [6.07, 6.45) is 0. The molecule has 1 nitrogen and oxygen atoms in total. The van der Waals surface area contributed by atoms with Crippen molar-refractivity contribution < 1.29 is 0 Å². The van der Waals surface area contributed by atoms with Gasteiger partial charge in [-0.3, -0.25) is 0 Å². The lowest BCUT2D eigenvalue weighted by molar-refractivity contribution is 0.525. The van der Waals surface area contributed by atoms with Crippen LogP contribution in [0, 0.1) is 6.92 Å². The van der Waals surface area contributed by atoms with Crippen LogP contribution in [0.3, 0.4) is 0 Å². The molecule has 2 heteroatoms. The Morgan fingerprint density at radius 2 is 1.47 bits per heavy atom. The van der Waals surface area contributed by atoms with Crippen molar-refractivity contribution in [3.8, 4) is 0 Å². The van der Waals surface area contributed by atoms with E-state index in [1.807, 2.05) is 25.8 Å². The number of rotatable bonds is 4. The van der Waals surface area contributed by atoms with E-state index in [4.69, 9.17) is 0 Å². The molecule has 0 atom stereocenters. The summed E-state index contributed by atoms with van der Waals surface area (Å²) in [5.74, 6) is 0. The fourth-order valence-electron chi connectivity index (χ4n) is 1.10. The first-order valence-electron chi connectivity index (χ1n) is 5.75. The van der Waals surface area contributed by atoms with Crippen molar-refractivity contribution in [2.24, 2.45) is 0 Å². The molecule has 86 valence electrons. The second kappa shape index (κ2) is 8.81. The standard InChI is InChI=1S/C11H17NS.C2H6/c1-4-12(5-2)13-11-8-6-10(3)7-9-11;1-2/h6-9H,4-5H2,1-3H3;1-2H3. The van der Waals surface area contributed by atoms with Crippen molar-refractivity contribution in [2.75, 3.05) is 13.1 Å². The van der Waals surface area contributed by atoms with Crippen molar-refractivity contribution in [1.82, 2.24) is 4.31 Å². The molecule has 0 aromatic heterocycles. The van der Waals surface area contributed by atoms with E-state index < -0.39 is 0 Å². The molecule has 1 aromatic rings. The van der Waals surface area contributed by atoms with E-state index in [9.17, 15) is 0 Å². The van der Waals surface area contributed by atoms with Crippen LogP contribution in [0.15, 0.2) is 29.2 Å². The molecule has 1 aromatic carbocycles. The van der Waals surface area contributed by atoms with Gasteiger partial charge in [-0.1, -0.05) is 45.4 Å². The number of benzene rings is 1. The SMILES string of the molecule is CC.CCN(CC)Sc1ccc(C)cc1. The van der Waals surface area contributed by atoms with E-state index in [0.717, 1.165) is 13.1 Å². The van der Waals surface area contributed by atoms with Gasteiger partial charge < -0.3 is 0 Å². The lowest BCUT2D eigenvalue weighted by atomic mass is 10.2. The molecule has 1 rings (SSSR count). The number of nitrogens with zero attached hydrogens (tertiary/aromatic N) is 1. The molecule has 0 bridgehead atoms. The molecule has 0 saturated heterocycles. The molecule has 0 aliphatic carbocycles. The van der Waals surface area contributed by atoms with Crippen molar-refractivity contribution in [2.45, 2.75) is 39.5 Å². The predicted molar refractivity (Wildman–Crippen MR) is 71.3 cm³/mol. The van der Waals surface area contributed by atoms with Gasteiger partial charge in [0.15, 0.2) is 0 Å². The van der Waals surface area contributed by atoms with E-state index in [2.05, 4.69) is 49.3 Å². The molecule has 0 saturated carbocycles. The van der Waals surface area contributed by atoms with Gasteiger partial charge in [0, 0.05) is 18.0 Å². The fourth-order valence-corrected chi connectivity index (χ4v) is 1.92. The topological polar surface area (TPSA) is 3.24 Å². The normalized spacial score (nSPS) is 9.73. The van der Waals surface area contributed by atoms with Gasteiger partial charge in [-0.25, -0.2) is 4.31 Å². The van der Waals surface area contributed by atoms with Gasteiger partial charge in [0.2, 0.25) is 0 Å². The minimum atomic E-state index is 1.09. The molecule has 0 amide bonds. The molecule has 15 heavy (non-hydrogen) atoms. The minimum absolute atomic E-state index is 1.09. The Labute approximate surface area is 99.0 Å². The summed E-state index contributed by atoms with van der Waals surface area (Å²) in [5, 5.41) is 0. The maximum atomic E-state index is 2.34. The summed E-state index contributed by atoms with van der Waals surface area (Å²) in [6, 6.07) is 8.67. The Hall–Kier alpha value is -0.470. The monoisotopic (exact) mass is 225 g/mol. The second-order valence-corrected chi connectivity index (χ2v) is 4.19. The van der Waals surface area contributed by atoms with E-state index >= 15 is 0 Å². The number of hydrogen-bond donors (Lipinski definition) is 0. The molecule has 0 N–H and O–H groups in total. The molecule has 0 spiro atoms. The molecular weight excluding hydrogens is 202 g/mol. The molecular formula is C13H23NS. The highest BCUT2D eigenvalue weighted by atomic mass is 32.2. The fraction of sp³-hybridized carbons (Fsp3) is 0.538. The van der Waals surface area contributed by atoms with Crippen molar-refractivity contribution in [3.63, 3.8) is 0 Å². The Bertz CT molecular complexity index is 239. The van der Waals surface area contributed by atoms with Crippen LogP contribution in [0.4, 0.5) is 0 Å². The van der Waals surface area contributed by atoms with Crippen LogP contribution < -0.4 is 0 Å². The molecule has 0 fully saturated rings. The lowest BCUT2D eigenvalue weighted by Crippen LogP contribution is -2.13. The zero-order valence-electron chi connectivity index (χ0n) is 10.6. The summed E-state index contributed by atoms with van der Waals surface area (Å²) < 4.78 is 2.34. The van der Waals surface area contributed by atoms with E-state index in [1.54, 1.807) is 0 Å². The summed E-state index contributed by atoms with van der Waals surface area (Å²) >= 11 is 1.83. The third-order valence-electron chi connectivity index (χ3n) is 1.96. The molecule has 0 unspecified atom stereocenters. The largest absolute Gasteiger partial charge is 0.247 e. The first-order valence-corrected chi connectivity index (χ1v) is 6.53. The van der Waals surface area contributed by atoms with E-state index in [0.29, 0.717) is 0 Å². The maximum Gasteiger partial charge on any atom is 0.0230 e. The van der Waals surface area contributed by atoms with Crippen LogP contribution in [-0.4, -0.2) is 17.4 Å². The average Bonchev–Trinajstić information content (AvgIpc) is 2.31. The summed E-state index contributed by atoms with van der Waals surface area (Å²) in [6.45, 7) is 12.7. The van der Waals surface area contributed by atoms with E-state index in [1.165, 1.54) is 10.5 Å². The molecule has 0 heterocycles. The molecule has 0 aliphatic heterocycles. The van der Waals surface area contributed by atoms with Crippen LogP contribution >= 0.6 is 11.9 Å². The van der Waals surface area contributed by atoms with Gasteiger partial charge in [-0.2, -0.15) is 0 Å². The Morgan fingerprint density at radius 1 is 1.00 bits per heavy atom. The van der Waals surface area contributed by atoms with Crippen LogP contribution in [0.25, 0.3) is 0 Å². The van der Waals surface area contributed by atoms with Crippen LogP contribution in [-0.2, 0) is 0 Å².